The summed E-state index contributed by atoms with van der Waals surface area (Å²) in [6, 6.07) is 10.4. The van der Waals surface area contributed by atoms with Crippen LogP contribution in [0.25, 0.3) is 0 Å². The fraction of sp³-hybridized carbons (Fsp3) is 0.500. The van der Waals surface area contributed by atoms with Crippen molar-refractivity contribution in [2.24, 2.45) is 0 Å². The van der Waals surface area contributed by atoms with E-state index in [4.69, 9.17) is 5.26 Å². The van der Waals surface area contributed by atoms with Gasteiger partial charge >= 0.3 is 0 Å². The zero-order valence-electron chi connectivity index (χ0n) is 12.1. The Kier molecular flexibility index (Phi) is 4.18. The largest absolute Gasteiger partial charge is 0.337 e. The first-order valence-electron chi connectivity index (χ1n) is 7.47. The van der Waals surface area contributed by atoms with Crippen molar-refractivity contribution in [1.82, 2.24) is 15.1 Å². The molecule has 0 bridgehead atoms. The van der Waals surface area contributed by atoms with E-state index in [9.17, 15) is 4.79 Å². The van der Waals surface area contributed by atoms with E-state index < -0.39 is 0 Å². The highest BCUT2D eigenvalue weighted by atomic mass is 16.2. The number of hydrogen-bond acceptors (Lipinski definition) is 4. The van der Waals surface area contributed by atoms with Crippen LogP contribution in [0.4, 0.5) is 0 Å². The van der Waals surface area contributed by atoms with Crippen LogP contribution in [0.2, 0.25) is 0 Å². The molecule has 1 unspecified atom stereocenters. The molecule has 0 aromatic heterocycles. The van der Waals surface area contributed by atoms with Crippen molar-refractivity contribution in [3.05, 3.63) is 35.4 Å². The van der Waals surface area contributed by atoms with Crippen molar-refractivity contribution in [3.8, 4) is 6.07 Å². The normalized spacial score (nSPS) is 22.4. The molecule has 21 heavy (non-hydrogen) atoms. The lowest BCUT2D eigenvalue weighted by Gasteiger charge is -2.34. The number of carbonyl (C=O) groups excluding carboxylic acids is 1. The number of hydrogen-bond donors (Lipinski definition) is 1. The lowest BCUT2D eigenvalue weighted by atomic mass is 10.00. The van der Waals surface area contributed by atoms with Crippen LogP contribution < -0.4 is 5.32 Å². The molecule has 1 atom stereocenters. The molecule has 1 aromatic carbocycles. The van der Waals surface area contributed by atoms with Crippen LogP contribution in [0.5, 0.6) is 0 Å². The van der Waals surface area contributed by atoms with E-state index in [-0.39, 0.29) is 11.9 Å². The summed E-state index contributed by atoms with van der Waals surface area (Å²) >= 11 is 0. The number of rotatable bonds is 2. The fourth-order valence-corrected chi connectivity index (χ4v) is 3.05. The summed E-state index contributed by atoms with van der Waals surface area (Å²) < 4.78 is 0. The van der Waals surface area contributed by atoms with Gasteiger partial charge in [0.1, 0.15) is 6.04 Å². The highest BCUT2D eigenvalue weighted by molar-refractivity contribution is 5.78. The molecule has 0 aliphatic carbocycles. The first-order valence-corrected chi connectivity index (χ1v) is 7.47. The lowest BCUT2D eigenvalue weighted by Crippen LogP contribution is -2.54. The Morgan fingerprint density at radius 2 is 2.14 bits per heavy atom. The van der Waals surface area contributed by atoms with Crippen LogP contribution in [-0.2, 0) is 17.8 Å². The van der Waals surface area contributed by atoms with E-state index in [1.165, 1.54) is 11.1 Å². The van der Waals surface area contributed by atoms with E-state index in [1.54, 1.807) is 0 Å². The standard InChI is InChI=1S/C16H20N4O/c17-9-15-10-18-6-8-19(15)12-16(21)20-7-5-13-3-1-2-4-14(13)11-20/h1-4,15,18H,5-8,10-12H2. The maximum absolute atomic E-state index is 12.5. The molecule has 1 N–H and O–H groups in total. The molecule has 0 spiro atoms. The Bertz CT molecular complexity index is 566. The summed E-state index contributed by atoms with van der Waals surface area (Å²) in [5.74, 6) is 0.131. The molecule has 1 amide bonds. The average molecular weight is 284 g/mol. The molecule has 2 heterocycles. The molecule has 1 aromatic rings. The third-order valence-corrected chi connectivity index (χ3v) is 4.32. The monoisotopic (exact) mass is 284 g/mol. The summed E-state index contributed by atoms with van der Waals surface area (Å²) in [7, 11) is 0. The number of carbonyl (C=O) groups is 1. The first-order chi connectivity index (χ1) is 10.3. The molecule has 2 aliphatic heterocycles. The predicted octanol–water partition coefficient (Wildman–Crippen LogP) is 0.369. The molecule has 0 saturated carbocycles. The summed E-state index contributed by atoms with van der Waals surface area (Å²) in [5, 5.41) is 12.4. The van der Waals surface area contributed by atoms with E-state index >= 15 is 0 Å². The van der Waals surface area contributed by atoms with Gasteiger partial charge in [-0.25, -0.2) is 0 Å². The van der Waals surface area contributed by atoms with Gasteiger partial charge in [-0.3, -0.25) is 9.69 Å². The van der Waals surface area contributed by atoms with Crippen LogP contribution in [-0.4, -0.2) is 54.5 Å². The minimum absolute atomic E-state index is 0.131. The minimum atomic E-state index is -0.195. The van der Waals surface area contributed by atoms with Gasteiger partial charge in [0.15, 0.2) is 0 Å². The second-order valence-electron chi connectivity index (χ2n) is 5.65. The minimum Gasteiger partial charge on any atom is -0.337 e. The summed E-state index contributed by atoms with van der Waals surface area (Å²) in [5.41, 5.74) is 2.59. The third kappa shape index (κ3) is 3.07. The molecule has 2 aliphatic rings. The smallest absolute Gasteiger partial charge is 0.237 e. The second kappa shape index (κ2) is 6.25. The van der Waals surface area contributed by atoms with Gasteiger partial charge in [-0.1, -0.05) is 24.3 Å². The highest BCUT2D eigenvalue weighted by Gasteiger charge is 2.27. The molecule has 110 valence electrons. The average Bonchev–Trinajstić information content (AvgIpc) is 2.55. The number of amides is 1. The third-order valence-electron chi connectivity index (χ3n) is 4.32. The van der Waals surface area contributed by atoms with Crippen LogP contribution >= 0.6 is 0 Å². The van der Waals surface area contributed by atoms with Gasteiger partial charge < -0.3 is 10.2 Å². The Balaban J connectivity index is 1.63. The van der Waals surface area contributed by atoms with Crippen LogP contribution in [0, 0.1) is 11.3 Å². The van der Waals surface area contributed by atoms with Gasteiger partial charge in [0.05, 0.1) is 12.6 Å². The van der Waals surface area contributed by atoms with E-state index in [0.717, 1.165) is 26.1 Å². The highest BCUT2D eigenvalue weighted by Crippen LogP contribution is 2.18. The van der Waals surface area contributed by atoms with Crippen molar-refractivity contribution >= 4 is 5.91 Å². The number of nitrogens with one attached hydrogen (secondary N) is 1. The molecule has 3 rings (SSSR count). The van der Waals surface area contributed by atoms with Crippen molar-refractivity contribution in [1.29, 1.82) is 5.26 Å². The van der Waals surface area contributed by atoms with E-state index in [1.807, 2.05) is 15.9 Å². The maximum atomic E-state index is 12.5. The summed E-state index contributed by atoms with van der Waals surface area (Å²) in [6.07, 6.45) is 0.922. The van der Waals surface area contributed by atoms with Crippen molar-refractivity contribution in [2.45, 2.75) is 19.0 Å². The van der Waals surface area contributed by atoms with E-state index in [2.05, 4.69) is 29.6 Å². The molecule has 5 nitrogen and oxygen atoms in total. The number of nitrogens with zero attached hydrogens (tertiary/aromatic N) is 3. The zero-order chi connectivity index (χ0) is 14.7. The molecule has 1 fully saturated rings. The van der Waals surface area contributed by atoms with Crippen molar-refractivity contribution < 1.29 is 4.79 Å². The zero-order valence-corrected chi connectivity index (χ0v) is 12.1. The van der Waals surface area contributed by atoms with Gasteiger partial charge in [-0.2, -0.15) is 5.26 Å². The number of benzene rings is 1. The van der Waals surface area contributed by atoms with Gasteiger partial charge in [0.2, 0.25) is 5.91 Å². The topological polar surface area (TPSA) is 59.4 Å². The van der Waals surface area contributed by atoms with Gasteiger partial charge in [0.25, 0.3) is 0 Å². The predicted molar refractivity (Wildman–Crippen MR) is 79.4 cm³/mol. The first kappa shape index (κ1) is 14.1. The van der Waals surface area contributed by atoms with Gasteiger partial charge in [0, 0.05) is 32.7 Å². The second-order valence-corrected chi connectivity index (χ2v) is 5.65. The van der Waals surface area contributed by atoms with Crippen LogP contribution in [0.1, 0.15) is 11.1 Å². The Morgan fingerprint density at radius 1 is 1.33 bits per heavy atom. The maximum Gasteiger partial charge on any atom is 0.237 e. The van der Waals surface area contributed by atoms with Gasteiger partial charge in [-0.15, -0.1) is 0 Å². The van der Waals surface area contributed by atoms with Crippen LogP contribution in [0.15, 0.2) is 24.3 Å². The van der Waals surface area contributed by atoms with Crippen molar-refractivity contribution in [3.63, 3.8) is 0 Å². The Hall–Kier alpha value is -1.90. The van der Waals surface area contributed by atoms with Gasteiger partial charge in [-0.05, 0) is 17.5 Å². The number of fused-ring (bicyclic) bond motifs is 1. The quantitative estimate of drug-likeness (QED) is 0.852. The fourth-order valence-electron chi connectivity index (χ4n) is 3.05. The lowest BCUT2D eigenvalue weighted by molar-refractivity contribution is -0.133. The van der Waals surface area contributed by atoms with Crippen LogP contribution in [0.3, 0.4) is 0 Å². The molecule has 0 radical (unpaired) electrons. The number of piperazine rings is 1. The number of nitriles is 1. The summed E-state index contributed by atoms with van der Waals surface area (Å²) in [4.78, 5) is 16.4. The molecule has 1 saturated heterocycles. The summed E-state index contributed by atoms with van der Waals surface area (Å²) in [6.45, 7) is 4.06. The Morgan fingerprint density at radius 3 is 2.95 bits per heavy atom. The van der Waals surface area contributed by atoms with Crippen molar-refractivity contribution in [2.75, 3.05) is 32.7 Å². The Labute approximate surface area is 125 Å². The molecular weight excluding hydrogens is 264 g/mol. The molecular formula is C16H20N4O. The van der Waals surface area contributed by atoms with E-state index in [0.29, 0.717) is 19.6 Å². The molecule has 5 heteroatoms. The SMILES string of the molecule is N#CC1CNCCN1CC(=O)N1CCc2ccccc2C1.